The van der Waals surface area contributed by atoms with Gasteiger partial charge >= 0.3 is 6.03 Å². The Labute approximate surface area is 108 Å². The number of carbonyl (C=O) groups is 1. The summed E-state index contributed by atoms with van der Waals surface area (Å²) >= 11 is 0. The largest absolute Gasteiger partial charge is 0.399 e. The zero-order valence-electron chi connectivity index (χ0n) is 11.0. The summed E-state index contributed by atoms with van der Waals surface area (Å²) in [6, 6.07) is 6.99. The SMILES string of the molecule is CC(C)C1(CNC(=O)Nc2ccc(N)cc2)CC1. The molecule has 4 nitrogen and oxygen atoms in total. The molecule has 0 spiro atoms. The van der Waals surface area contributed by atoms with Crippen molar-refractivity contribution in [1.29, 1.82) is 0 Å². The Balaban J connectivity index is 1.81. The van der Waals surface area contributed by atoms with Gasteiger partial charge in [0.05, 0.1) is 0 Å². The lowest BCUT2D eigenvalue weighted by molar-refractivity contribution is 0.246. The highest BCUT2D eigenvalue weighted by Gasteiger charge is 2.45. The maximum Gasteiger partial charge on any atom is 0.319 e. The molecule has 18 heavy (non-hydrogen) atoms. The number of urea groups is 1. The number of carbonyl (C=O) groups excluding carboxylic acids is 1. The quantitative estimate of drug-likeness (QED) is 0.716. The number of anilines is 2. The van der Waals surface area contributed by atoms with Gasteiger partial charge in [0.15, 0.2) is 0 Å². The van der Waals surface area contributed by atoms with Crippen molar-refractivity contribution in [3.05, 3.63) is 24.3 Å². The van der Waals surface area contributed by atoms with Crippen LogP contribution < -0.4 is 16.4 Å². The second-order valence-corrected chi connectivity index (χ2v) is 5.45. The molecule has 0 saturated heterocycles. The van der Waals surface area contributed by atoms with Crippen molar-refractivity contribution in [2.45, 2.75) is 26.7 Å². The van der Waals surface area contributed by atoms with E-state index < -0.39 is 0 Å². The molecule has 0 aromatic heterocycles. The highest BCUT2D eigenvalue weighted by Crippen LogP contribution is 2.51. The van der Waals surface area contributed by atoms with Gasteiger partial charge in [-0.2, -0.15) is 0 Å². The van der Waals surface area contributed by atoms with Crippen molar-refractivity contribution < 1.29 is 4.79 Å². The third kappa shape index (κ3) is 2.94. The number of rotatable bonds is 4. The Kier molecular flexibility index (Phi) is 3.45. The van der Waals surface area contributed by atoms with E-state index in [4.69, 9.17) is 5.73 Å². The van der Waals surface area contributed by atoms with E-state index in [1.165, 1.54) is 12.8 Å². The molecule has 0 bridgehead atoms. The molecule has 4 N–H and O–H groups in total. The van der Waals surface area contributed by atoms with Gasteiger partial charge in [0.25, 0.3) is 0 Å². The third-order valence-corrected chi connectivity index (χ3v) is 3.89. The molecule has 4 heteroatoms. The predicted octanol–water partition coefficient (Wildman–Crippen LogP) is 2.83. The molecule has 0 heterocycles. The van der Waals surface area contributed by atoms with Crippen molar-refractivity contribution in [3.8, 4) is 0 Å². The summed E-state index contributed by atoms with van der Waals surface area (Å²) in [5.74, 6) is 0.620. The number of amides is 2. The minimum atomic E-state index is -0.147. The van der Waals surface area contributed by atoms with Crippen LogP contribution in [0.2, 0.25) is 0 Å². The lowest BCUT2D eigenvalue weighted by Crippen LogP contribution is -2.35. The van der Waals surface area contributed by atoms with Crippen molar-refractivity contribution in [2.24, 2.45) is 11.3 Å². The van der Waals surface area contributed by atoms with Crippen LogP contribution in [0.5, 0.6) is 0 Å². The highest BCUT2D eigenvalue weighted by molar-refractivity contribution is 5.89. The van der Waals surface area contributed by atoms with Crippen LogP contribution >= 0.6 is 0 Å². The van der Waals surface area contributed by atoms with E-state index in [9.17, 15) is 4.79 Å². The number of benzene rings is 1. The standard InChI is InChI=1S/C14H21N3O/c1-10(2)14(7-8-14)9-16-13(18)17-12-5-3-11(15)4-6-12/h3-6,10H,7-9,15H2,1-2H3,(H2,16,17,18). The molecule has 98 valence electrons. The molecule has 0 aliphatic heterocycles. The summed E-state index contributed by atoms with van der Waals surface area (Å²) < 4.78 is 0. The van der Waals surface area contributed by atoms with E-state index >= 15 is 0 Å². The minimum Gasteiger partial charge on any atom is -0.399 e. The summed E-state index contributed by atoms with van der Waals surface area (Å²) in [5, 5.41) is 5.75. The maximum absolute atomic E-state index is 11.7. The molecule has 1 aromatic carbocycles. The van der Waals surface area contributed by atoms with Crippen molar-refractivity contribution in [1.82, 2.24) is 5.32 Å². The van der Waals surface area contributed by atoms with Gasteiger partial charge in [0, 0.05) is 17.9 Å². The van der Waals surface area contributed by atoms with Gasteiger partial charge in [0.2, 0.25) is 0 Å². The lowest BCUT2D eigenvalue weighted by atomic mass is 9.92. The summed E-state index contributed by atoms with van der Waals surface area (Å²) in [4.78, 5) is 11.7. The smallest absolute Gasteiger partial charge is 0.319 e. The molecule has 1 saturated carbocycles. The van der Waals surface area contributed by atoms with E-state index in [-0.39, 0.29) is 6.03 Å². The van der Waals surface area contributed by atoms with Gasteiger partial charge < -0.3 is 16.4 Å². The number of nitrogens with two attached hydrogens (primary N) is 1. The Bertz CT molecular complexity index is 421. The molecule has 1 aromatic rings. The van der Waals surface area contributed by atoms with Gasteiger partial charge in [-0.25, -0.2) is 4.79 Å². The highest BCUT2D eigenvalue weighted by atomic mass is 16.2. The summed E-state index contributed by atoms with van der Waals surface area (Å²) in [6.45, 7) is 5.19. The number of hydrogen-bond acceptors (Lipinski definition) is 2. The lowest BCUT2D eigenvalue weighted by Gasteiger charge is -2.20. The van der Waals surface area contributed by atoms with E-state index in [0.29, 0.717) is 17.0 Å². The van der Waals surface area contributed by atoms with Gasteiger partial charge in [-0.05, 0) is 48.4 Å². The molecule has 0 unspecified atom stereocenters. The summed E-state index contributed by atoms with van der Waals surface area (Å²) in [5.41, 5.74) is 7.37. The second-order valence-electron chi connectivity index (χ2n) is 5.45. The monoisotopic (exact) mass is 247 g/mol. The van der Waals surface area contributed by atoms with Gasteiger partial charge in [-0.15, -0.1) is 0 Å². The first-order valence-corrected chi connectivity index (χ1v) is 6.42. The average Bonchev–Trinajstić information content (AvgIpc) is 3.11. The fourth-order valence-electron chi connectivity index (χ4n) is 2.12. The van der Waals surface area contributed by atoms with Crippen LogP contribution in [-0.4, -0.2) is 12.6 Å². The maximum atomic E-state index is 11.7. The predicted molar refractivity (Wildman–Crippen MR) is 74.4 cm³/mol. The van der Waals surface area contributed by atoms with Gasteiger partial charge in [-0.1, -0.05) is 13.8 Å². The van der Waals surface area contributed by atoms with Gasteiger partial charge in [0.1, 0.15) is 0 Å². The number of nitrogen functional groups attached to an aromatic ring is 1. The van der Waals surface area contributed by atoms with Gasteiger partial charge in [-0.3, -0.25) is 0 Å². The zero-order valence-corrected chi connectivity index (χ0v) is 11.0. The minimum absolute atomic E-state index is 0.147. The van der Waals surface area contributed by atoms with E-state index in [1.54, 1.807) is 24.3 Å². The summed E-state index contributed by atoms with van der Waals surface area (Å²) in [7, 11) is 0. The second kappa shape index (κ2) is 4.88. The molecular weight excluding hydrogens is 226 g/mol. The number of hydrogen-bond donors (Lipinski definition) is 3. The van der Waals surface area contributed by atoms with Crippen LogP contribution in [0.1, 0.15) is 26.7 Å². The molecule has 1 aliphatic carbocycles. The first kappa shape index (κ1) is 12.7. The zero-order chi connectivity index (χ0) is 13.2. The molecule has 1 aliphatic rings. The van der Waals surface area contributed by atoms with Crippen molar-refractivity contribution >= 4 is 17.4 Å². The van der Waals surface area contributed by atoms with Crippen LogP contribution in [0.25, 0.3) is 0 Å². The Morgan fingerprint density at radius 2 is 1.94 bits per heavy atom. The van der Waals surface area contributed by atoms with Crippen LogP contribution in [0, 0.1) is 11.3 Å². The van der Waals surface area contributed by atoms with Crippen LogP contribution in [0.15, 0.2) is 24.3 Å². The van der Waals surface area contributed by atoms with E-state index in [1.807, 2.05) is 0 Å². The Morgan fingerprint density at radius 3 is 2.44 bits per heavy atom. The Hall–Kier alpha value is -1.71. The fourth-order valence-corrected chi connectivity index (χ4v) is 2.12. The van der Waals surface area contributed by atoms with E-state index in [2.05, 4.69) is 24.5 Å². The van der Waals surface area contributed by atoms with Crippen molar-refractivity contribution in [3.63, 3.8) is 0 Å². The molecule has 1 fully saturated rings. The van der Waals surface area contributed by atoms with Crippen molar-refractivity contribution in [2.75, 3.05) is 17.6 Å². The molecule has 0 radical (unpaired) electrons. The topological polar surface area (TPSA) is 67.2 Å². The fraction of sp³-hybridized carbons (Fsp3) is 0.500. The average molecular weight is 247 g/mol. The van der Waals surface area contributed by atoms with Crippen LogP contribution in [0.4, 0.5) is 16.2 Å². The van der Waals surface area contributed by atoms with Crippen LogP contribution in [0.3, 0.4) is 0 Å². The number of nitrogens with one attached hydrogen (secondary N) is 2. The third-order valence-electron chi connectivity index (χ3n) is 3.89. The molecular formula is C14H21N3O. The molecule has 2 amide bonds. The molecule has 0 atom stereocenters. The summed E-state index contributed by atoms with van der Waals surface area (Å²) in [6.07, 6.45) is 2.43. The van der Waals surface area contributed by atoms with E-state index in [0.717, 1.165) is 12.2 Å². The van der Waals surface area contributed by atoms with Crippen LogP contribution in [-0.2, 0) is 0 Å². The first-order chi connectivity index (χ1) is 8.52. The first-order valence-electron chi connectivity index (χ1n) is 6.42. The normalized spacial score (nSPS) is 16.4. The Morgan fingerprint density at radius 1 is 1.33 bits per heavy atom. The molecule has 2 rings (SSSR count).